The summed E-state index contributed by atoms with van der Waals surface area (Å²) in [6, 6.07) is 2.61. The van der Waals surface area contributed by atoms with Crippen LogP contribution in [0.3, 0.4) is 0 Å². The average Bonchev–Trinajstić information content (AvgIpc) is 3.72. The van der Waals surface area contributed by atoms with Gasteiger partial charge in [-0.1, -0.05) is 5.16 Å². The molecule has 220 valence electrons. The second kappa shape index (κ2) is 9.76. The van der Waals surface area contributed by atoms with Crippen molar-refractivity contribution in [1.82, 2.24) is 29.8 Å². The van der Waals surface area contributed by atoms with Crippen molar-refractivity contribution in [2.75, 3.05) is 44.4 Å². The summed E-state index contributed by atoms with van der Waals surface area (Å²) in [4.78, 5) is 15.6. The normalized spacial score (nSPS) is 22.4. The summed E-state index contributed by atoms with van der Waals surface area (Å²) in [6.45, 7) is 5.88. The second-order valence-corrected chi connectivity index (χ2v) is 14.1. The number of aromatic nitrogens is 5. The molecule has 0 aromatic carbocycles. The summed E-state index contributed by atoms with van der Waals surface area (Å²) in [7, 11) is 4.06. The number of nitrogen functional groups attached to an aromatic ring is 1. The number of hydrogen-bond donors (Lipinski definition) is 2. The molecule has 0 saturated carbocycles. The fraction of sp³-hybridized carbons (Fsp3) is 0.567. The van der Waals surface area contributed by atoms with Crippen LogP contribution in [0.1, 0.15) is 79.3 Å². The molecule has 1 spiro atoms. The van der Waals surface area contributed by atoms with Crippen LogP contribution in [-0.2, 0) is 18.3 Å². The van der Waals surface area contributed by atoms with E-state index < -0.39 is 11.0 Å². The highest BCUT2D eigenvalue weighted by molar-refractivity contribution is 7.16. The molecular weight excluding hydrogens is 550 g/mol. The minimum atomic E-state index is -0.921. The molecular formula is C30H37N9O2S. The van der Waals surface area contributed by atoms with Gasteiger partial charge in [-0.25, -0.2) is 14.6 Å². The predicted molar refractivity (Wildman–Crippen MR) is 162 cm³/mol. The second-order valence-electron chi connectivity index (χ2n) is 12.9. The number of fused-ring (bicyclic) bond motifs is 5. The largest absolute Gasteiger partial charge is 0.389 e. The lowest BCUT2D eigenvalue weighted by Gasteiger charge is -2.39. The standard InChI is InChI=1S/C30H37N9O2S/c1-29(2,40)16-38(4)27-20-14-33-39(17-9-12-37(3)15-17)28(20)35-26(34-27)23-18-7-5-10-30(24(18)41-36-23)11-6-8-21-22(30)19(13-31)25(32)42-21/h14,17,40H,5-12,15-16,32H2,1-4H3. The number of likely N-dealkylation sites (tertiary alicyclic amines) is 1. The number of nitrogens with two attached hydrogens (primary N) is 1. The van der Waals surface area contributed by atoms with Gasteiger partial charge in [0.05, 0.1) is 34.2 Å². The van der Waals surface area contributed by atoms with Crippen LogP contribution >= 0.6 is 11.3 Å². The van der Waals surface area contributed by atoms with Gasteiger partial charge in [0.1, 0.15) is 16.9 Å². The number of rotatable bonds is 5. The van der Waals surface area contributed by atoms with Gasteiger partial charge >= 0.3 is 0 Å². The van der Waals surface area contributed by atoms with E-state index in [2.05, 4.69) is 23.2 Å². The summed E-state index contributed by atoms with van der Waals surface area (Å²) in [6.07, 6.45) is 8.32. The molecule has 3 N–H and O–H groups in total. The van der Waals surface area contributed by atoms with Gasteiger partial charge in [0.2, 0.25) is 0 Å². The minimum Gasteiger partial charge on any atom is -0.389 e. The third-order valence-electron chi connectivity index (χ3n) is 9.20. The van der Waals surface area contributed by atoms with Crippen molar-refractivity contribution < 1.29 is 9.63 Å². The Balaban J connectivity index is 1.40. The lowest BCUT2D eigenvalue weighted by atomic mass is 9.63. The van der Waals surface area contributed by atoms with Crippen molar-refractivity contribution in [2.45, 2.75) is 75.9 Å². The number of hydrogen-bond acceptors (Lipinski definition) is 11. The first-order valence-corrected chi connectivity index (χ1v) is 15.6. The zero-order valence-corrected chi connectivity index (χ0v) is 25.5. The first kappa shape index (κ1) is 27.3. The van der Waals surface area contributed by atoms with Gasteiger partial charge in [-0.3, -0.25) is 0 Å². The number of aliphatic hydroxyl groups is 1. The van der Waals surface area contributed by atoms with E-state index in [0.29, 0.717) is 34.4 Å². The molecule has 5 heterocycles. The highest BCUT2D eigenvalue weighted by atomic mass is 32.1. The summed E-state index contributed by atoms with van der Waals surface area (Å²) in [5.74, 6) is 2.03. The maximum atomic E-state index is 10.6. The Morgan fingerprint density at radius 2 is 2.07 bits per heavy atom. The third kappa shape index (κ3) is 4.20. The molecule has 0 amide bonds. The van der Waals surface area contributed by atoms with Gasteiger partial charge < -0.3 is 25.2 Å². The molecule has 3 aliphatic rings. The van der Waals surface area contributed by atoms with E-state index in [1.54, 1.807) is 25.2 Å². The molecule has 1 aliphatic heterocycles. The summed E-state index contributed by atoms with van der Waals surface area (Å²) in [5, 5.41) is 31.6. The van der Waals surface area contributed by atoms with Crippen molar-refractivity contribution in [1.29, 1.82) is 5.26 Å². The third-order valence-corrected chi connectivity index (χ3v) is 10.3. The molecule has 1 fully saturated rings. The van der Waals surface area contributed by atoms with Gasteiger partial charge in [0.15, 0.2) is 22.9 Å². The smallest absolute Gasteiger partial charge is 0.186 e. The Kier molecular flexibility index (Phi) is 6.34. The van der Waals surface area contributed by atoms with E-state index in [-0.39, 0.29) is 6.04 Å². The Morgan fingerprint density at radius 3 is 2.79 bits per heavy atom. The van der Waals surface area contributed by atoms with E-state index in [1.807, 2.05) is 22.8 Å². The van der Waals surface area contributed by atoms with Crippen molar-refractivity contribution in [3.05, 3.63) is 33.5 Å². The van der Waals surface area contributed by atoms with Crippen LogP contribution in [0, 0.1) is 11.3 Å². The molecule has 11 nitrogen and oxygen atoms in total. The quantitative estimate of drug-likeness (QED) is 0.351. The maximum Gasteiger partial charge on any atom is 0.186 e. The van der Waals surface area contributed by atoms with Crippen molar-refractivity contribution >= 4 is 33.2 Å². The van der Waals surface area contributed by atoms with Gasteiger partial charge in [-0.05, 0) is 71.4 Å². The molecule has 2 unspecified atom stereocenters. The van der Waals surface area contributed by atoms with Crippen LogP contribution in [0.25, 0.3) is 22.6 Å². The van der Waals surface area contributed by atoms with Crippen LogP contribution in [0.5, 0.6) is 0 Å². The van der Waals surface area contributed by atoms with Crippen molar-refractivity contribution in [2.24, 2.45) is 0 Å². The van der Waals surface area contributed by atoms with E-state index in [9.17, 15) is 10.4 Å². The van der Waals surface area contributed by atoms with E-state index in [0.717, 1.165) is 86.0 Å². The predicted octanol–water partition coefficient (Wildman–Crippen LogP) is 4.04. The van der Waals surface area contributed by atoms with Crippen LogP contribution < -0.4 is 10.6 Å². The van der Waals surface area contributed by atoms with E-state index in [1.165, 1.54) is 4.88 Å². The zero-order chi connectivity index (χ0) is 29.4. The number of aryl methyl sites for hydroxylation is 1. The Hall–Kier alpha value is -3.53. The number of nitriles is 1. The highest BCUT2D eigenvalue weighted by Gasteiger charge is 2.49. The monoisotopic (exact) mass is 587 g/mol. The van der Waals surface area contributed by atoms with Gasteiger partial charge in [-0.15, -0.1) is 11.3 Å². The van der Waals surface area contributed by atoms with Crippen LogP contribution in [-0.4, -0.2) is 74.2 Å². The van der Waals surface area contributed by atoms with Gasteiger partial charge in [-0.2, -0.15) is 10.4 Å². The van der Waals surface area contributed by atoms with Crippen LogP contribution in [0.2, 0.25) is 0 Å². The van der Waals surface area contributed by atoms with E-state index >= 15 is 0 Å². The maximum absolute atomic E-state index is 10.6. The summed E-state index contributed by atoms with van der Waals surface area (Å²) < 4.78 is 8.29. The molecule has 4 aromatic rings. The van der Waals surface area contributed by atoms with E-state index in [4.69, 9.17) is 25.3 Å². The highest BCUT2D eigenvalue weighted by Crippen LogP contribution is 2.55. The molecule has 42 heavy (non-hydrogen) atoms. The molecule has 2 atom stereocenters. The Labute approximate surface area is 248 Å². The fourth-order valence-electron chi connectivity index (χ4n) is 7.56. The topological polar surface area (TPSA) is 146 Å². The summed E-state index contributed by atoms with van der Waals surface area (Å²) >= 11 is 1.54. The number of likely N-dealkylation sites (N-methyl/N-ethyl adjacent to an activating group) is 2. The van der Waals surface area contributed by atoms with Crippen LogP contribution in [0.4, 0.5) is 10.8 Å². The molecule has 4 aromatic heterocycles. The minimum absolute atomic E-state index is 0.214. The Morgan fingerprint density at radius 1 is 1.29 bits per heavy atom. The molecule has 0 radical (unpaired) electrons. The van der Waals surface area contributed by atoms with Crippen molar-refractivity contribution in [3.8, 4) is 17.6 Å². The SMILES string of the molecule is CN1CCC(n2ncc3c(N(C)CC(C)(C)O)nc(-c4noc5c4CCCC54CCCc5sc(N)c(C#N)c54)nc32)C1. The van der Waals surface area contributed by atoms with Crippen molar-refractivity contribution in [3.63, 3.8) is 0 Å². The first-order valence-electron chi connectivity index (χ1n) is 14.8. The van der Waals surface area contributed by atoms with Gasteiger partial charge in [0.25, 0.3) is 0 Å². The molecule has 0 bridgehead atoms. The zero-order valence-electron chi connectivity index (χ0n) is 24.6. The van der Waals surface area contributed by atoms with Crippen LogP contribution in [0.15, 0.2) is 10.7 Å². The average molecular weight is 588 g/mol. The molecule has 12 heteroatoms. The number of anilines is 2. The molecule has 2 aliphatic carbocycles. The number of thiophene rings is 1. The number of nitrogens with zero attached hydrogens (tertiary/aromatic N) is 8. The molecule has 1 saturated heterocycles. The Bertz CT molecular complexity index is 1720. The lowest BCUT2D eigenvalue weighted by Crippen LogP contribution is -2.36. The lowest BCUT2D eigenvalue weighted by molar-refractivity contribution is 0.0885. The fourth-order valence-corrected chi connectivity index (χ4v) is 8.72. The van der Waals surface area contributed by atoms with Gasteiger partial charge in [0, 0.05) is 37.1 Å². The summed E-state index contributed by atoms with van der Waals surface area (Å²) in [5.41, 5.74) is 9.08. The molecule has 7 rings (SSSR count). The first-order chi connectivity index (χ1) is 20.1.